The first-order valence-corrected chi connectivity index (χ1v) is 8.54. The van der Waals surface area contributed by atoms with Crippen molar-refractivity contribution in [3.63, 3.8) is 0 Å². The van der Waals surface area contributed by atoms with Gasteiger partial charge in [0.15, 0.2) is 0 Å². The van der Waals surface area contributed by atoms with Gasteiger partial charge in [0, 0.05) is 26.7 Å². The third-order valence-electron chi connectivity index (χ3n) is 4.48. The molecule has 20 heavy (non-hydrogen) atoms. The van der Waals surface area contributed by atoms with Crippen LogP contribution in [0.15, 0.2) is 0 Å². The fourth-order valence-corrected chi connectivity index (χ4v) is 3.80. The molecule has 1 atom stereocenters. The van der Waals surface area contributed by atoms with Crippen molar-refractivity contribution in [2.24, 2.45) is 11.8 Å². The molecule has 4 nitrogen and oxygen atoms in total. The van der Waals surface area contributed by atoms with Gasteiger partial charge >= 0.3 is 0 Å². The van der Waals surface area contributed by atoms with Gasteiger partial charge in [-0.25, -0.2) is 0 Å². The number of nitrogens with zero attached hydrogens (tertiary/aromatic N) is 1. The highest BCUT2D eigenvalue weighted by Gasteiger charge is 2.39. The highest BCUT2D eigenvalue weighted by atomic mass is 32.2. The molecule has 2 amide bonds. The number of imide groups is 1. The number of hydrogen-bond donors (Lipinski definition) is 0. The highest BCUT2D eigenvalue weighted by molar-refractivity contribution is 8.00. The minimum absolute atomic E-state index is 0.0418. The average molecular weight is 298 g/mol. The fraction of sp³-hybridized carbons (Fsp3) is 0.800. The number of rotatable bonds is 5. The molecule has 1 aliphatic carbocycles. The van der Waals surface area contributed by atoms with Crippen LogP contribution in [0.5, 0.6) is 0 Å². The maximum atomic E-state index is 12.1. The summed E-state index contributed by atoms with van der Waals surface area (Å²) in [5, 5.41) is -0.201. The van der Waals surface area contributed by atoms with Crippen LogP contribution in [0.25, 0.3) is 0 Å². The van der Waals surface area contributed by atoms with Crippen LogP contribution in [0.1, 0.15) is 46.8 Å². The molecule has 0 N–H and O–H groups in total. The number of Topliss-reactive ketones (excluding diaryl/α,β-unsaturated/α-hetero) is 1. The van der Waals surface area contributed by atoms with Gasteiger partial charge in [0.1, 0.15) is 5.78 Å². The Morgan fingerprint density at radius 2 is 2.05 bits per heavy atom. The SMILES string of the molecule is [2H]CCC(=O)C1CCC(CN2C(=O)CC(SC)C2=O)CC1. The number of thioether (sulfide) groups is 1. The Labute approximate surface area is 126 Å². The van der Waals surface area contributed by atoms with Crippen LogP contribution in [0, 0.1) is 11.8 Å². The summed E-state index contributed by atoms with van der Waals surface area (Å²) < 4.78 is 7.12. The Morgan fingerprint density at radius 1 is 1.35 bits per heavy atom. The number of carbonyl (C=O) groups is 3. The summed E-state index contributed by atoms with van der Waals surface area (Å²) in [6.07, 6.45) is 6.02. The van der Waals surface area contributed by atoms with E-state index >= 15 is 0 Å². The second-order valence-electron chi connectivity index (χ2n) is 5.71. The molecule has 0 aromatic heterocycles. The normalized spacial score (nSPS) is 31.6. The van der Waals surface area contributed by atoms with Crippen molar-refractivity contribution in [3.8, 4) is 0 Å². The van der Waals surface area contributed by atoms with Crippen molar-refractivity contribution in [2.75, 3.05) is 12.8 Å². The topological polar surface area (TPSA) is 54.5 Å². The first-order chi connectivity index (χ1) is 10.1. The standard InChI is InChI=1S/C15H23NO3S/c1-3-12(17)11-6-4-10(5-7-11)9-16-14(18)8-13(20-2)15(16)19/h10-11,13H,3-9H2,1-2H3/i1D. The second-order valence-corrected chi connectivity index (χ2v) is 6.75. The molecular formula is C15H23NO3S. The van der Waals surface area contributed by atoms with E-state index in [1.54, 1.807) is 0 Å². The lowest BCUT2D eigenvalue weighted by Crippen LogP contribution is -2.37. The minimum Gasteiger partial charge on any atom is -0.299 e. The van der Waals surface area contributed by atoms with Gasteiger partial charge in [0.25, 0.3) is 0 Å². The predicted octanol–water partition coefficient (Wildman–Crippen LogP) is 2.26. The molecule has 0 radical (unpaired) electrons. The third-order valence-corrected chi connectivity index (χ3v) is 5.41. The molecule has 1 heterocycles. The van der Waals surface area contributed by atoms with E-state index in [1.807, 2.05) is 6.26 Å². The average Bonchev–Trinajstić information content (AvgIpc) is 2.75. The lowest BCUT2D eigenvalue weighted by molar-refractivity contribution is -0.139. The smallest absolute Gasteiger partial charge is 0.242 e. The summed E-state index contributed by atoms with van der Waals surface area (Å²) >= 11 is 1.45. The zero-order valence-electron chi connectivity index (χ0n) is 13.0. The van der Waals surface area contributed by atoms with Crippen LogP contribution in [0.2, 0.25) is 0 Å². The Morgan fingerprint density at radius 3 is 2.60 bits per heavy atom. The maximum absolute atomic E-state index is 12.1. The number of amides is 2. The first-order valence-electron chi connectivity index (χ1n) is 7.96. The van der Waals surface area contributed by atoms with Crippen molar-refractivity contribution in [2.45, 2.75) is 50.7 Å². The van der Waals surface area contributed by atoms with Crippen molar-refractivity contribution in [1.29, 1.82) is 0 Å². The lowest BCUT2D eigenvalue weighted by atomic mass is 9.79. The molecular weight excluding hydrogens is 274 g/mol. The van der Waals surface area contributed by atoms with E-state index in [0.29, 0.717) is 25.3 Å². The number of hydrogen-bond acceptors (Lipinski definition) is 4. The maximum Gasteiger partial charge on any atom is 0.242 e. The van der Waals surface area contributed by atoms with Crippen LogP contribution in [0.4, 0.5) is 0 Å². The molecule has 2 fully saturated rings. The van der Waals surface area contributed by atoms with Gasteiger partial charge in [-0.1, -0.05) is 6.90 Å². The van der Waals surface area contributed by atoms with Gasteiger partial charge < -0.3 is 0 Å². The molecule has 1 unspecified atom stereocenters. The van der Waals surface area contributed by atoms with Gasteiger partial charge in [-0.2, -0.15) is 11.8 Å². The molecule has 1 saturated heterocycles. The Balaban J connectivity index is 1.82. The van der Waals surface area contributed by atoms with Gasteiger partial charge in [-0.3, -0.25) is 19.3 Å². The molecule has 0 spiro atoms. The number of carbonyl (C=O) groups excluding carboxylic acids is 3. The van der Waals surface area contributed by atoms with E-state index in [0.717, 1.165) is 25.7 Å². The summed E-state index contributed by atoms with van der Waals surface area (Å²) in [6, 6.07) is 0. The van der Waals surface area contributed by atoms with Gasteiger partial charge in [-0.05, 0) is 37.9 Å². The van der Waals surface area contributed by atoms with Crippen molar-refractivity contribution >= 4 is 29.4 Å². The van der Waals surface area contributed by atoms with E-state index in [4.69, 9.17) is 1.37 Å². The molecule has 112 valence electrons. The number of ketones is 1. The Hall–Kier alpha value is -0.840. The van der Waals surface area contributed by atoms with E-state index in [-0.39, 0.29) is 35.7 Å². The van der Waals surface area contributed by atoms with Crippen LogP contribution in [-0.4, -0.2) is 40.5 Å². The van der Waals surface area contributed by atoms with E-state index in [9.17, 15) is 14.4 Å². The molecule has 5 heteroatoms. The van der Waals surface area contributed by atoms with Gasteiger partial charge in [0.05, 0.1) is 5.25 Å². The van der Waals surface area contributed by atoms with Gasteiger partial charge in [-0.15, -0.1) is 0 Å². The van der Waals surface area contributed by atoms with Crippen LogP contribution >= 0.6 is 11.8 Å². The molecule has 1 saturated carbocycles. The second kappa shape index (κ2) is 6.74. The molecule has 2 aliphatic rings. The first kappa shape index (κ1) is 14.1. The van der Waals surface area contributed by atoms with Crippen LogP contribution in [0.3, 0.4) is 0 Å². The quantitative estimate of drug-likeness (QED) is 0.731. The molecule has 0 bridgehead atoms. The van der Waals surface area contributed by atoms with E-state index < -0.39 is 0 Å². The number of likely N-dealkylation sites (tertiary alicyclic amines) is 1. The molecule has 0 aromatic carbocycles. The zero-order chi connectivity index (χ0) is 15.4. The van der Waals surface area contributed by atoms with Gasteiger partial charge in [0.2, 0.25) is 11.8 Å². The van der Waals surface area contributed by atoms with Crippen LogP contribution < -0.4 is 0 Å². The third kappa shape index (κ3) is 3.25. The molecule has 2 rings (SSSR count). The van der Waals surface area contributed by atoms with Crippen molar-refractivity contribution < 1.29 is 15.8 Å². The van der Waals surface area contributed by atoms with E-state index in [1.165, 1.54) is 16.7 Å². The minimum atomic E-state index is -0.201. The molecule has 1 aliphatic heterocycles. The van der Waals surface area contributed by atoms with Crippen molar-refractivity contribution in [3.05, 3.63) is 0 Å². The van der Waals surface area contributed by atoms with E-state index in [2.05, 4.69) is 0 Å². The lowest BCUT2D eigenvalue weighted by Gasteiger charge is -2.29. The monoisotopic (exact) mass is 298 g/mol. The Bertz CT molecular complexity index is 421. The Kier molecular flexibility index (Phi) is 4.76. The largest absolute Gasteiger partial charge is 0.299 e. The predicted molar refractivity (Wildman–Crippen MR) is 79.4 cm³/mol. The van der Waals surface area contributed by atoms with Crippen LogP contribution in [-0.2, 0) is 14.4 Å². The molecule has 0 aromatic rings. The van der Waals surface area contributed by atoms with Crippen molar-refractivity contribution in [1.82, 2.24) is 4.90 Å². The zero-order valence-corrected chi connectivity index (χ0v) is 12.8. The summed E-state index contributed by atoms with van der Waals surface area (Å²) in [5.74, 6) is 0.542. The summed E-state index contributed by atoms with van der Waals surface area (Å²) in [7, 11) is 0. The highest BCUT2D eigenvalue weighted by Crippen LogP contribution is 2.32. The fourth-order valence-electron chi connectivity index (χ4n) is 3.16. The summed E-state index contributed by atoms with van der Waals surface area (Å²) in [5.41, 5.74) is 0. The summed E-state index contributed by atoms with van der Waals surface area (Å²) in [4.78, 5) is 37.2. The summed E-state index contributed by atoms with van der Waals surface area (Å²) in [6.45, 7) is 0.694.